The van der Waals surface area contributed by atoms with E-state index < -0.39 is 0 Å². The number of benzene rings is 1. The van der Waals surface area contributed by atoms with Crippen LogP contribution in [0.4, 0.5) is 5.95 Å². The van der Waals surface area contributed by atoms with Gasteiger partial charge in [-0.15, -0.1) is 0 Å². The Morgan fingerprint density at radius 1 is 0.931 bits per heavy atom. The fourth-order valence-corrected chi connectivity index (χ4v) is 4.50. The van der Waals surface area contributed by atoms with Crippen molar-refractivity contribution in [3.63, 3.8) is 0 Å². The van der Waals surface area contributed by atoms with Crippen molar-refractivity contribution in [2.75, 3.05) is 18.0 Å². The Hall–Kier alpha value is -2.43. The summed E-state index contributed by atoms with van der Waals surface area (Å²) in [6, 6.07) is 8.77. The first-order chi connectivity index (χ1) is 14.2. The highest BCUT2D eigenvalue weighted by molar-refractivity contribution is 5.79. The standard InChI is InChI=1S/C24H32N4O/c1-18-10-12-19(13-11-18)21-15-25-24(26-16-21)28-14-6-7-20(17-28)23(29)27-22-8-4-2-3-5-9-22/h10-13,15-16,20,22H,2-9,14,17H2,1H3,(H,27,29)/t20-/m0/s1. The number of nitrogens with zero attached hydrogens (tertiary/aromatic N) is 3. The first kappa shape index (κ1) is 19.9. The number of rotatable bonds is 4. The van der Waals surface area contributed by atoms with Crippen molar-refractivity contribution in [1.82, 2.24) is 15.3 Å². The molecule has 1 amide bonds. The second kappa shape index (κ2) is 9.38. The van der Waals surface area contributed by atoms with E-state index in [9.17, 15) is 4.79 Å². The number of nitrogens with one attached hydrogen (secondary N) is 1. The SMILES string of the molecule is Cc1ccc(-c2cnc(N3CCC[C@H](C(=O)NC4CCCCCC4)C3)nc2)cc1. The van der Waals surface area contributed by atoms with Gasteiger partial charge >= 0.3 is 0 Å². The molecule has 4 rings (SSSR count). The minimum absolute atomic E-state index is 0.0346. The molecule has 2 aliphatic rings. The molecule has 1 aromatic carbocycles. The number of hydrogen-bond donors (Lipinski definition) is 1. The van der Waals surface area contributed by atoms with Crippen LogP contribution in [0.5, 0.6) is 0 Å². The van der Waals surface area contributed by atoms with Crippen molar-refractivity contribution >= 4 is 11.9 Å². The Morgan fingerprint density at radius 3 is 2.31 bits per heavy atom. The number of hydrogen-bond acceptors (Lipinski definition) is 4. The highest BCUT2D eigenvalue weighted by Crippen LogP contribution is 2.24. The van der Waals surface area contributed by atoms with Crippen LogP contribution in [-0.2, 0) is 4.79 Å². The van der Waals surface area contributed by atoms with Crippen LogP contribution in [-0.4, -0.2) is 35.0 Å². The van der Waals surface area contributed by atoms with Gasteiger partial charge in [-0.05, 0) is 38.2 Å². The van der Waals surface area contributed by atoms with Crippen molar-refractivity contribution in [3.8, 4) is 11.1 Å². The summed E-state index contributed by atoms with van der Waals surface area (Å²) in [6.45, 7) is 3.71. The van der Waals surface area contributed by atoms with Crippen LogP contribution in [0.25, 0.3) is 11.1 Å². The van der Waals surface area contributed by atoms with Gasteiger partial charge in [0.15, 0.2) is 0 Å². The lowest BCUT2D eigenvalue weighted by Crippen LogP contribution is -2.46. The smallest absolute Gasteiger partial charge is 0.225 e. The first-order valence-corrected chi connectivity index (χ1v) is 11.1. The average Bonchev–Trinajstić information content (AvgIpc) is 3.03. The molecule has 2 aromatic rings. The van der Waals surface area contributed by atoms with Crippen LogP contribution in [0.15, 0.2) is 36.7 Å². The van der Waals surface area contributed by atoms with Crippen LogP contribution >= 0.6 is 0 Å². The predicted octanol–water partition coefficient (Wildman–Crippen LogP) is 4.51. The number of piperidine rings is 1. The first-order valence-electron chi connectivity index (χ1n) is 11.1. The van der Waals surface area contributed by atoms with E-state index >= 15 is 0 Å². The molecule has 2 heterocycles. The van der Waals surface area contributed by atoms with Crippen molar-refractivity contribution < 1.29 is 4.79 Å². The second-order valence-corrected chi connectivity index (χ2v) is 8.62. The van der Waals surface area contributed by atoms with Gasteiger partial charge in [-0.3, -0.25) is 4.79 Å². The molecule has 5 heteroatoms. The highest BCUT2D eigenvalue weighted by Gasteiger charge is 2.28. The minimum atomic E-state index is 0.0346. The predicted molar refractivity (Wildman–Crippen MR) is 117 cm³/mol. The van der Waals surface area contributed by atoms with E-state index in [1.807, 2.05) is 12.4 Å². The van der Waals surface area contributed by atoms with E-state index in [2.05, 4.69) is 51.4 Å². The van der Waals surface area contributed by atoms with Gasteiger partial charge in [-0.25, -0.2) is 9.97 Å². The monoisotopic (exact) mass is 392 g/mol. The maximum atomic E-state index is 12.8. The summed E-state index contributed by atoms with van der Waals surface area (Å²) in [7, 11) is 0. The van der Waals surface area contributed by atoms with Gasteiger partial charge in [-0.2, -0.15) is 0 Å². The summed E-state index contributed by atoms with van der Waals surface area (Å²) in [5.74, 6) is 0.984. The van der Waals surface area contributed by atoms with Crippen molar-refractivity contribution in [1.29, 1.82) is 0 Å². The number of carbonyl (C=O) groups excluding carboxylic acids is 1. The Kier molecular flexibility index (Phi) is 6.43. The summed E-state index contributed by atoms with van der Waals surface area (Å²) in [5.41, 5.74) is 3.39. The topological polar surface area (TPSA) is 58.1 Å². The number of anilines is 1. The number of aryl methyl sites for hydroxylation is 1. The fourth-order valence-electron chi connectivity index (χ4n) is 4.50. The van der Waals surface area contributed by atoms with Gasteiger partial charge in [0.25, 0.3) is 0 Å². The molecule has 0 unspecified atom stereocenters. The number of amides is 1. The molecule has 0 bridgehead atoms. The molecule has 1 saturated carbocycles. The molecule has 1 atom stereocenters. The van der Waals surface area contributed by atoms with Gasteiger partial charge in [0.1, 0.15) is 0 Å². The average molecular weight is 393 g/mol. The van der Waals surface area contributed by atoms with Crippen LogP contribution in [0, 0.1) is 12.8 Å². The maximum Gasteiger partial charge on any atom is 0.225 e. The van der Waals surface area contributed by atoms with Gasteiger partial charge in [0.2, 0.25) is 11.9 Å². The Bertz CT molecular complexity index is 795. The van der Waals surface area contributed by atoms with Crippen molar-refractivity contribution in [3.05, 3.63) is 42.2 Å². The Morgan fingerprint density at radius 2 is 1.62 bits per heavy atom. The lowest BCUT2D eigenvalue weighted by atomic mass is 9.96. The molecule has 29 heavy (non-hydrogen) atoms. The zero-order chi connectivity index (χ0) is 20.1. The molecule has 0 radical (unpaired) electrons. The molecular formula is C24H32N4O. The summed E-state index contributed by atoms with van der Waals surface area (Å²) in [4.78, 5) is 24.2. The summed E-state index contributed by atoms with van der Waals surface area (Å²) >= 11 is 0. The molecule has 0 spiro atoms. The van der Waals surface area contributed by atoms with Gasteiger partial charge in [0, 0.05) is 37.1 Å². The molecular weight excluding hydrogens is 360 g/mol. The van der Waals surface area contributed by atoms with E-state index in [-0.39, 0.29) is 11.8 Å². The highest BCUT2D eigenvalue weighted by atomic mass is 16.2. The van der Waals surface area contributed by atoms with Crippen LogP contribution in [0.3, 0.4) is 0 Å². The zero-order valence-corrected chi connectivity index (χ0v) is 17.4. The largest absolute Gasteiger partial charge is 0.353 e. The molecule has 154 valence electrons. The quantitative estimate of drug-likeness (QED) is 0.778. The van der Waals surface area contributed by atoms with Crippen molar-refractivity contribution in [2.24, 2.45) is 5.92 Å². The summed E-state index contributed by atoms with van der Waals surface area (Å²) < 4.78 is 0. The second-order valence-electron chi connectivity index (χ2n) is 8.62. The van der Waals surface area contributed by atoms with Crippen LogP contribution < -0.4 is 10.2 Å². The molecule has 1 N–H and O–H groups in total. The van der Waals surface area contributed by atoms with E-state index in [1.165, 1.54) is 31.2 Å². The molecule has 1 aliphatic carbocycles. The third-order valence-electron chi connectivity index (χ3n) is 6.30. The maximum absolute atomic E-state index is 12.8. The Balaban J connectivity index is 1.37. The lowest BCUT2D eigenvalue weighted by Gasteiger charge is -2.33. The van der Waals surface area contributed by atoms with Crippen LogP contribution in [0.1, 0.15) is 56.9 Å². The number of carbonyl (C=O) groups is 1. The van der Waals surface area contributed by atoms with Gasteiger partial charge < -0.3 is 10.2 Å². The van der Waals surface area contributed by atoms with E-state index in [4.69, 9.17) is 0 Å². The van der Waals surface area contributed by atoms with Gasteiger partial charge in [-0.1, -0.05) is 55.5 Å². The molecule has 2 fully saturated rings. The molecule has 1 aliphatic heterocycles. The zero-order valence-electron chi connectivity index (χ0n) is 17.4. The van der Waals surface area contributed by atoms with E-state index in [1.54, 1.807) is 0 Å². The molecule has 1 aromatic heterocycles. The Labute approximate surface area is 173 Å². The van der Waals surface area contributed by atoms with Gasteiger partial charge in [0.05, 0.1) is 5.92 Å². The number of aromatic nitrogens is 2. The van der Waals surface area contributed by atoms with Crippen LogP contribution in [0.2, 0.25) is 0 Å². The summed E-state index contributed by atoms with van der Waals surface area (Å²) in [5, 5.41) is 3.33. The van der Waals surface area contributed by atoms with E-state index in [0.29, 0.717) is 12.6 Å². The molecule has 1 saturated heterocycles. The third-order valence-corrected chi connectivity index (χ3v) is 6.30. The minimum Gasteiger partial charge on any atom is -0.353 e. The van der Waals surface area contributed by atoms with E-state index in [0.717, 1.165) is 49.3 Å². The fraction of sp³-hybridized carbons (Fsp3) is 0.542. The van der Waals surface area contributed by atoms with Crippen molar-refractivity contribution in [2.45, 2.75) is 64.3 Å². The normalized spacial score (nSPS) is 20.9. The molecule has 5 nitrogen and oxygen atoms in total. The lowest BCUT2D eigenvalue weighted by molar-refractivity contribution is -0.126. The summed E-state index contributed by atoms with van der Waals surface area (Å²) in [6.07, 6.45) is 13.1. The third kappa shape index (κ3) is 5.14.